The molecular weight excluding hydrogens is 364 g/mol. The lowest BCUT2D eigenvalue weighted by Gasteiger charge is -2.35. The number of rotatable bonds is 0. The number of nitrogens with two attached hydrogens (primary N) is 1. The average molecular weight is 378 g/mol. The van der Waals surface area contributed by atoms with Gasteiger partial charge in [0.05, 0.1) is 28.0 Å². The molecular formula is C23H14N4O2. The first-order valence-electron chi connectivity index (χ1n) is 9.38. The van der Waals surface area contributed by atoms with E-state index in [4.69, 9.17) is 20.4 Å². The third kappa shape index (κ3) is 1.77. The molecule has 6 rings (SSSR count). The maximum absolute atomic E-state index is 13.1. The van der Waals surface area contributed by atoms with E-state index >= 15 is 0 Å². The first-order chi connectivity index (χ1) is 14.2. The lowest BCUT2D eigenvalue weighted by molar-refractivity contribution is -0.115. The molecule has 0 saturated carbocycles. The molecule has 1 spiro atoms. The second-order valence-electron chi connectivity index (χ2n) is 7.38. The maximum Gasteiger partial charge on any atom is 0.205 e. The fourth-order valence-electron chi connectivity index (χ4n) is 4.89. The number of hydrogen-bond donors (Lipinski definition) is 1. The van der Waals surface area contributed by atoms with Gasteiger partial charge in [-0.1, -0.05) is 36.4 Å². The summed E-state index contributed by atoms with van der Waals surface area (Å²) in [6, 6.07) is 17.5. The van der Waals surface area contributed by atoms with Crippen LogP contribution in [0.5, 0.6) is 0 Å². The van der Waals surface area contributed by atoms with Gasteiger partial charge in [0.1, 0.15) is 22.8 Å². The topological polar surface area (TPSA) is 102 Å². The Morgan fingerprint density at radius 3 is 2.55 bits per heavy atom. The lowest BCUT2D eigenvalue weighted by atomic mass is 9.67. The average Bonchev–Trinajstić information content (AvgIpc) is 3.24. The molecule has 6 heteroatoms. The van der Waals surface area contributed by atoms with E-state index < -0.39 is 5.41 Å². The molecule has 6 nitrogen and oxygen atoms in total. The predicted octanol–water partition coefficient (Wildman–Crippen LogP) is 3.24. The highest BCUT2D eigenvalue weighted by molar-refractivity contribution is 6.06. The highest BCUT2D eigenvalue weighted by atomic mass is 16.5. The summed E-state index contributed by atoms with van der Waals surface area (Å²) in [6.45, 7) is 0. The number of ketones is 1. The van der Waals surface area contributed by atoms with Crippen molar-refractivity contribution >= 4 is 16.8 Å². The monoisotopic (exact) mass is 378 g/mol. The van der Waals surface area contributed by atoms with Gasteiger partial charge in [0.2, 0.25) is 5.88 Å². The number of carbonyl (C=O) groups excluding carboxylic acids is 1. The number of hydrogen-bond acceptors (Lipinski definition) is 6. The number of nitrogens with zero attached hydrogens (tertiary/aromatic N) is 3. The molecule has 2 aromatic carbocycles. The summed E-state index contributed by atoms with van der Waals surface area (Å²) in [4.78, 5) is 22.9. The minimum absolute atomic E-state index is 0.0264. The number of fused-ring (bicyclic) bond motifs is 7. The second kappa shape index (κ2) is 5.30. The molecule has 1 aliphatic heterocycles. The molecule has 3 aliphatic rings. The molecule has 1 aromatic heterocycles. The van der Waals surface area contributed by atoms with Crippen molar-refractivity contribution in [2.75, 3.05) is 0 Å². The molecule has 0 amide bonds. The maximum atomic E-state index is 13.1. The van der Waals surface area contributed by atoms with Gasteiger partial charge < -0.3 is 10.5 Å². The zero-order valence-corrected chi connectivity index (χ0v) is 15.3. The van der Waals surface area contributed by atoms with E-state index in [2.05, 4.69) is 6.07 Å². The van der Waals surface area contributed by atoms with Crippen molar-refractivity contribution in [2.45, 2.75) is 18.3 Å². The largest absolute Gasteiger partial charge is 0.444 e. The van der Waals surface area contributed by atoms with E-state index in [1.807, 2.05) is 48.5 Å². The van der Waals surface area contributed by atoms with Gasteiger partial charge in [-0.05, 0) is 17.7 Å². The summed E-state index contributed by atoms with van der Waals surface area (Å²) in [5, 5.41) is 10.1. The number of benzene rings is 2. The second-order valence-corrected chi connectivity index (χ2v) is 7.38. The highest BCUT2D eigenvalue weighted by Crippen LogP contribution is 2.59. The van der Waals surface area contributed by atoms with Crippen LogP contribution >= 0.6 is 0 Å². The van der Waals surface area contributed by atoms with Crippen molar-refractivity contribution in [1.29, 1.82) is 5.26 Å². The molecule has 0 radical (unpaired) electrons. The summed E-state index contributed by atoms with van der Waals surface area (Å²) in [5.74, 6) is 0.514. The summed E-state index contributed by atoms with van der Waals surface area (Å²) < 4.78 is 5.73. The van der Waals surface area contributed by atoms with E-state index in [-0.39, 0.29) is 17.2 Å². The number of para-hydroxylation sites is 2. The number of carbonyl (C=O) groups is 1. The van der Waals surface area contributed by atoms with Crippen molar-refractivity contribution in [3.63, 3.8) is 0 Å². The van der Waals surface area contributed by atoms with Crippen LogP contribution < -0.4 is 5.73 Å². The van der Waals surface area contributed by atoms with Crippen LogP contribution in [-0.4, -0.2) is 15.8 Å². The van der Waals surface area contributed by atoms with Crippen molar-refractivity contribution in [1.82, 2.24) is 9.97 Å². The minimum atomic E-state index is -1.18. The van der Waals surface area contributed by atoms with Crippen LogP contribution in [0.3, 0.4) is 0 Å². The van der Waals surface area contributed by atoms with Gasteiger partial charge in [-0.2, -0.15) is 5.26 Å². The van der Waals surface area contributed by atoms with Gasteiger partial charge in [0.25, 0.3) is 0 Å². The van der Waals surface area contributed by atoms with Crippen molar-refractivity contribution in [3.05, 3.63) is 82.6 Å². The Kier molecular flexibility index (Phi) is 2.93. The van der Waals surface area contributed by atoms with Gasteiger partial charge >= 0.3 is 0 Å². The van der Waals surface area contributed by atoms with Gasteiger partial charge in [0.15, 0.2) is 5.78 Å². The molecule has 2 N–H and O–H groups in total. The number of aromatic nitrogens is 2. The van der Waals surface area contributed by atoms with E-state index in [1.165, 1.54) is 0 Å². The third-order valence-corrected chi connectivity index (χ3v) is 5.99. The minimum Gasteiger partial charge on any atom is -0.444 e. The normalized spacial score (nSPS) is 21.8. The molecule has 1 unspecified atom stereocenters. The number of nitriles is 1. The lowest BCUT2D eigenvalue weighted by Crippen LogP contribution is -2.38. The summed E-state index contributed by atoms with van der Waals surface area (Å²) in [5.41, 5.74) is 10.1. The Morgan fingerprint density at radius 1 is 1.03 bits per heavy atom. The summed E-state index contributed by atoms with van der Waals surface area (Å²) >= 11 is 0. The van der Waals surface area contributed by atoms with Crippen molar-refractivity contribution in [3.8, 4) is 17.3 Å². The Labute approximate surface area is 166 Å². The fourth-order valence-corrected chi connectivity index (χ4v) is 4.89. The molecule has 2 heterocycles. The molecule has 2 aliphatic carbocycles. The molecule has 0 saturated heterocycles. The zero-order valence-electron chi connectivity index (χ0n) is 15.3. The molecule has 138 valence electrons. The van der Waals surface area contributed by atoms with E-state index in [9.17, 15) is 10.1 Å². The van der Waals surface area contributed by atoms with Gasteiger partial charge in [-0.25, -0.2) is 9.97 Å². The van der Waals surface area contributed by atoms with E-state index in [0.29, 0.717) is 41.1 Å². The highest BCUT2D eigenvalue weighted by Gasteiger charge is 2.58. The van der Waals surface area contributed by atoms with Crippen LogP contribution in [0.1, 0.15) is 24.1 Å². The SMILES string of the molecule is N#CC1=C(N)OC2=C(C(=O)CC2)C12c1ccccc1-c1nc3ccccc3nc12. The Morgan fingerprint density at radius 2 is 1.76 bits per heavy atom. The zero-order chi connectivity index (χ0) is 19.8. The first-order valence-corrected chi connectivity index (χ1v) is 9.38. The fraction of sp³-hybridized carbons (Fsp3) is 0.130. The van der Waals surface area contributed by atoms with E-state index in [1.54, 1.807) is 0 Å². The molecule has 3 aromatic rings. The van der Waals surface area contributed by atoms with Crippen LogP contribution in [0.4, 0.5) is 0 Å². The van der Waals surface area contributed by atoms with Crippen LogP contribution in [0.25, 0.3) is 22.3 Å². The molecule has 0 bridgehead atoms. The third-order valence-electron chi connectivity index (χ3n) is 5.99. The first kappa shape index (κ1) is 16.0. The van der Waals surface area contributed by atoms with Gasteiger partial charge in [0, 0.05) is 18.4 Å². The van der Waals surface area contributed by atoms with Crippen LogP contribution in [-0.2, 0) is 14.9 Å². The van der Waals surface area contributed by atoms with E-state index in [0.717, 1.165) is 16.6 Å². The molecule has 29 heavy (non-hydrogen) atoms. The Balaban J connectivity index is 1.85. The van der Waals surface area contributed by atoms with Gasteiger partial charge in [-0.15, -0.1) is 0 Å². The standard InChI is InChI=1S/C23H14N4O2/c24-11-14-22(25)29-18-10-9-17(28)19(18)23(14)13-6-2-1-5-12(13)20-21(23)27-16-8-4-3-7-15(16)26-20/h1-8H,9-10,25H2. The van der Waals surface area contributed by atoms with Crippen LogP contribution in [0.15, 0.2) is 71.3 Å². The summed E-state index contributed by atoms with van der Waals surface area (Å²) in [6.07, 6.45) is 0.796. The van der Waals surface area contributed by atoms with Crippen LogP contribution in [0.2, 0.25) is 0 Å². The van der Waals surface area contributed by atoms with Crippen molar-refractivity contribution < 1.29 is 9.53 Å². The van der Waals surface area contributed by atoms with Crippen molar-refractivity contribution in [2.24, 2.45) is 5.73 Å². The summed E-state index contributed by atoms with van der Waals surface area (Å²) in [7, 11) is 0. The Bertz CT molecular complexity index is 1380. The van der Waals surface area contributed by atoms with Crippen LogP contribution in [0, 0.1) is 11.3 Å². The predicted molar refractivity (Wildman–Crippen MR) is 105 cm³/mol. The quantitative estimate of drug-likeness (QED) is 0.644. The number of ether oxygens (including phenoxy) is 1. The smallest absolute Gasteiger partial charge is 0.205 e. The van der Waals surface area contributed by atoms with Gasteiger partial charge in [-0.3, -0.25) is 4.79 Å². The number of allylic oxidation sites excluding steroid dienone is 3. The Hall–Kier alpha value is -3.98. The number of Topliss-reactive ketones (excluding diaryl/α,β-unsaturated/α-hetero) is 1. The molecule has 0 fully saturated rings. The molecule has 1 atom stereocenters.